The Morgan fingerprint density at radius 1 is 1.24 bits per heavy atom. The molecule has 0 radical (unpaired) electrons. The van der Waals surface area contributed by atoms with E-state index >= 15 is 0 Å². The second kappa shape index (κ2) is 6.21. The van der Waals surface area contributed by atoms with Gasteiger partial charge in [-0.3, -0.25) is 4.79 Å². The second-order valence-corrected chi connectivity index (χ2v) is 8.21. The number of aryl methyl sites for hydroxylation is 1. The summed E-state index contributed by atoms with van der Waals surface area (Å²) in [5.74, 6) is 0.933. The van der Waals surface area contributed by atoms with E-state index in [1.165, 1.54) is 9.75 Å². The number of halogens is 2. The first-order chi connectivity index (χ1) is 10.0. The summed E-state index contributed by atoms with van der Waals surface area (Å²) >= 11 is 15.5. The molecular formula is C15H13Cl2NOS2. The fourth-order valence-electron chi connectivity index (χ4n) is 2.34. The van der Waals surface area contributed by atoms with Crippen molar-refractivity contribution in [3.8, 4) is 0 Å². The molecule has 2 aromatic rings. The van der Waals surface area contributed by atoms with Gasteiger partial charge in [0.25, 0.3) is 5.91 Å². The van der Waals surface area contributed by atoms with Crippen LogP contribution in [0, 0.1) is 6.92 Å². The Morgan fingerprint density at radius 2 is 1.95 bits per heavy atom. The molecule has 21 heavy (non-hydrogen) atoms. The summed E-state index contributed by atoms with van der Waals surface area (Å²) in [7, 11) is 0. The molecule has 1 fully saturated rings. The summed E-state index contributed by atoms with van der Waals surface area (Å²) in [6.45, 7) is 2.83. The lowest BCUT2D eigenvalue weighted by Gasteiger charge is -2.23. The Bertz CT molecular complexity index is 666. The summed E-state index contributed by atoms with van der Waals surface area (Å²) in [6.07, 6.45) is 0. The van der Waals surface area contributed by atoms with Crippen molar-refractivity contribution in [2.24, 2.45) is 0 Å². The number of rotatable bonds is 2. The van der Waals surface area contributed by atoms with Crippen molar-refractivity contribution in [3.05, 3.63) is 55.7 Å². The lowest BCUT2D eigenvalue weighted by Crippen LogP contribution is -2.30. The van der Waals surface area contributed by atoms with E-state index in [0.29, 0.717) is 15.6 Å². The Balaban J connectivity index is 1.89. The minimum absolute atomic E-state index is 0.0135. The van der Waals surface area contributed by atoms with E-state index in [0.717, 1.165) is 12.3 Å². The van der Waals surface area contributed by atoms with Crippen LogP contribution in [0.2, 0.25) is 10.0 Å². The van der Waals surface area contributed by atoms with Crippen molar-refractivity contribution in [2.45, 2.75) is 12.3 Å². The molecule has 0 spiro atoms. The standard InChI is InChI=1S/C15H13Cl2NOS2/c1-9-2-3-13(21-9)15-18(4-5-20-15)14(19)10-6-11(16)8-12(17)7-10/h2-3,6-8,15H,4-5H2,1H3. The van der Waals surface area contributed by atoms with Gasteiger partial charge in [-0.1, -0.05) is 23.2 Å². The quantitative estimate of drug-likeness (QED) is 0.731. The molecule has 1 amide bonds. The first-order valence-electron chi connectivity index (χ1n) is 6.49. The highest BCUT2D eigenvalue weighted by Gasteiger charge is 2.32. The van der Waals surface area contributed by atoms with Crippen LogP contribution in [0.25, 0.3) is 0 Å². The molecule has 1 atom stereocenters. The van der Waals surface area contributed by atoms with Gasteiger partial charge >= 0.3 is 0 Å². The Labute approximate surface area is 142 Å². The maximum Gasteiger partial charge on any atom is 0.255 e. The van der Waals surface area contributed by atoms with Crippen LogP contribution in [-0.4, -0.2) is 23.1 Å². The summed E-state index contributed by atoms with van der Waals surface area (Å²) < 4.78 is 0. The molecule has 2 nitrogen and oxygen atoms in total. The summed E-state index contributed by atoms with van der Waals surface area (Å²) in [4.78, 5) is 17.1. The van der Waals surface area contributed by atoms with E-state index in [-0.39, 0.29) is 11.3 Å². The topological polar surface area (TPSA) is 20.3 Å². The Morgan fingerprint density at radius 3 is 2.57 bits per heavy atom. The molecule has 110 valence electrons. The number of hydrogen-bond donors (Lipinski definition) is 0. The largest absolute Gasteiger partial charge is 0.321 e. The molecule has 1 aromatic carbocycles. The summed E-state index contributed by atoms with van der Waals surface area (Å²) in [6, 6.07) is 9.19. The number of thiophene rings is 1. The normalized spacial score (nSPS) is 18.2. The monoisotopic (exact) mass is 357 g/mol. The lowest BCUT2D eigenvalue weighted by molar-refractivity contribution is 0.0762. The summed E-state index contributed by atoms with van der Waals surface area (Å²) in [5.41, 5.74) is 0.549. The number of carbonyl (C=O) groups excluding carboxylic acids is 1. The van der Waals surface area contributed by atoms with Gasteiger partial charge in [0.15, 0.2) is 0 Å². The van der Waals surface area contributed by atoms with Crippen LogP contribution in [0.15, 0.2) is 30.3 Å². The lowest BCUT2D eigenvalue weighted by atomic mass is 10.2. The predicted molar refractivity (Wildman–Crippen MR) is 91.8 cm³/mol. The van der Waals surface area contributed by atoms with Gasteiger partial charge in [-0.25, -0.2) is 0 Å². The summed E-state index contributed by atoms with van der Waals surface area (Å²) in [5, 5.41) is 1.07. The molecule has 1 aliphatic heterocycles. The van der Waals surface area contributed by atoms with Gasteiger partial charge in [0.2, 0.25) is 0 Å². The average molecular weight is 358 g/mol. The van der Waals surface area contributed by atoms with E-state index in [9.17, 15) is 4.79 Å². The molecule has 0 N–H and O–H groups in total. The average Bonchev–Trinajstić information content (AvgIpc) is 3.04. The van der Waals surface area contributed by atoms with E-state index in [4.69, 9.17) is 23.2 Å². The van der Waals surface area contributed by atoms with Crippen molar-refractivity contribution in [3.63, 3.8) is 0 Å². The molecule has 3 rings (SSSR count). The number of thioether (sulfide) groups is 1. The fourth-order valence-corrected chi connectivity index (χ4v) is 5.24. The molecule has 1 unspecified atom stereocenters. The van der Waals surface area contributed by atoms with Crippen LogP contribution in [0.1, 0.15) is 25.5 Å². The van der Waals surface area contributed by atoms with E-state index in [2.05, 4.69) is 19.1 Å². The Kier molecular flexibility index (Phi) is 4.50. The number of benzene rings is 1. The zero-order valence-corrected chi connectivity index (χ0v) is 14.5. The maximum absolute atomic E-state index is 12.7. The first-order valence-corrected chi connectivity index (χ1v) is 9.12. The Hall–Kier alpha value is -0.680. The third kappa shape index (κ3) is 3.24. The minimum Gasteiger partial charge on any atom is -0.321 e. The number of amides is 1. The van der Waals surface area contributed by atoms with E-state index in [1.54, 1.807) is 41.3 Å². The van der Waals surface area contributed by atoms with Gasteiger partial charge in [-0.2, -0.15) is 0 Å². The smallest absolute Gasteiger partial charge is 0.255 e. The number of hydrogen-bond acceptors (Lipinski definition) is 3. The van der Waals surface area contributed by atoms with Gasteiger partial charge in [0, 0.05) is 37.7 Å². The molecule has 2 heterocycles. The van der Waals surface area contributed by atoms with Crippen LogP contribution < -0.4 is 0 Å². The van der Waals surface area contributed by atoms with Gasteiger partial charge in [-0.15, -0.1) is 23.1 Å². The van der Waals surface area contributed by atoms with Gasteiger partial charge in [-0.05, 0) is 37.3 Å². The van der Waals surface area contributed by atoms with Crippen molar-refractivity contribution >= 4 is 52.2 Å². The van der Waals surface area contributed by atoms with Gasteiger partial charge < -0.3 is 4.90 Å². The van der Waals surface area contributed by atoms with Crippen LogP contribution >= 0.6 is 46.3 Å². The van der Waals surface area contributed by atoms with E-state index < -0.39 is 0 Å². The van der Waals surface area contributed by atoms with Gasteiger partial charge in [0.05, 0.1) is 0 Å². The number of nitrogens with zero attached hydrogens (tertiary/aromatic N) is 1. The molecule has 1 saturated heterocycles. The zero-order valence-electron chi connectivity index (χ0n) is 11.3. The van der Waals surface area contributed by atoms with Crippen molar-refractivity contribution in [1.82, 2.24) is 4.90 Å². The molecule has 0 bridgehead atoms. The SMILES string of the molecule is Cc1ccc(C2SCCN2C(=O)c2cc(Cl)cc(Cl)c2)s1. The molecule has 6 heteroatoms. The predicted octanol–water partition coefficient (Wildman–Crippen LogP) is 5.25. The second-order valence-electron chi connectivity index (χ2n) is 4.83. The highest BCUT2D eigenvalue weighted by atomic mass is 35.5. The van der Waals surface area contributed by atoms with E-state index in [1.807, 2.05) is 4.90 Å². The van der Waals surface area contributed by atoms with Crippen molar-refractivity contribution in [1.29, 1.82) is 0 Å². The highest BCUT2D eigenvalue weighted by molar-refractivity contribution is 7.99. The molecule has 1 aromatic heterocycles. The molecular weight excluding hydrogens is 345 g/mol. The van der Waals surface area contributed by atoms with Crippen LogP contribution in [-0.2, 0) is 0 Å². The fraction of sp³-hybridized carbons (Fsp3) is 0.267. The maximum atomic E-state index is 12.7. The van der Waals surface area contributed by atoms with Crippen LogP contribution in [0.5, 0.6) is 0 Å². The minimum atomic E-state index is -0.0135. The van der Waals surface area contributed by atoms with Gasteiger partial charge in [0.1, 0.15) is 5.37 Å². The highest BCUT2D eigenvalue weighted by Crippen LogP contribution is 2.41. The van der Waals surface area contributed by atoms with Crippen LogP contribution in [0.4, 0.5) is 0 Å². The third-order valence-corrected chi connectivity index (χ3v) is 6.15. The van der Waals surface area contributed by atoms with Crippen molar-refractivity contribution < 1.29 is 4.79 Å². The zero-order chi connectivity index (χ0) is 15.0. The molecule has 0 aliphatic carbocycles. The third-order valence-electron chi connectivity index (χ3n) is 3.27. The molecule has 0 saturated carbocycles. The first kappa shape index (κ1) is 15.2. The van der Waals surface area contributed by atoms with Crippen molar-refractivity contribution in [2.75, 3.05) is 12.3 Å². The molecule has 1 aliphatic rings. The van der Waals surface area contributed by atoms with Crippen LogP contribution in [0.3, 0.4) is 0 Å². The number of carbonyl (C=O) groups is 1.